The summed E-state index contributed by atoms with van der Waals surface area (Å²) in [5.74, 6) is -0.789. The molecule has 0 saturated carbocycles. The van der Waals surface area contributed by atoms with Gasteiger partial charge < -0.3 is 25.4 Å². The van der Waals surface area contributed by atoms with Gasteiger partial charge in [0, 0.05) is 6.20 Å². The molecule has 4 N–H and O–H groups in total. The van der Waals surface area contributed by atoms with E-state index in [4.69, 9.17) is 21.4 Å². The van der Waals surface area contributed by atoms with Gasteiger partial charge in [-0.3, -0.25) is 9.36 Å². The topological polar surface area (TPSA) is 134 Å². The van der Waals surface area contributed by atoms with Gasteiger partial charge in [0.2, 0.25) is 5.91 Å². The Morgan fingerprint density at radius 2 is 2.19 bits per heavy atom. The number of aromatic nitrogens is 2. The third-order valence-electron chi connectivity index (χ3n) is 3.01. The Kier molecular flexibility index (Phi) is 4.91. The van der Waals surface area contributed by atoms with Gasteiger partial charge in [-0.15, -0.1) is 11.6 Å². The standard InChI is InChI=1S/C11H14ClN3O6/c12-3-7(17)13-6-1-2-15(11(20)14-6)10-9(19)8(18)5(4-16)21-10/h1-2,5,8-10,16,18-19H,3-4H2,(H,13,14,17,20). The summed E-state index contributed by atoms with van der Waals surface area (Å²) < 4.78 is 6.17. The van der Waals surface area contributed by atoms with E-state index in [2.05, 4.69) is 10.3 Å². The first kappa shape index (κ1) is 15.9. The highest BCUT2D eigenvalue weighted by Gasteiger charge is 2.43. The highest BCUT2D eigenvalue weighted by molar-refractivity contribution is 6.28. The molecule has 1 aliphatic rings. The van der Waals surface area contributed by atoms with Crippen LogP contribution in [0.2, 0.25) is 0 Å². The van der Waals surface area contributed by atoms with Gasteiger partial charge in [0.1, 0.15) is 30.0 Å². The molecule has 1 fully saturated rings. The largest absolute Gasteiger partial charge is 0.394 e. The summed E-state index contributed by atoms with van der Waals surface area (Å²) in [5.41, 5.74) is -0.794. The van der Waals surface area contributed by atoms with Gasteiger partial charge >= 0.3 is 5.69 Å². The number of carbonyl (C=O) groups is 1. The number of nitrogens with zero attached hydrogens (tertiary/aromatic N) is 2. The lowest BCUT2D eigenvalue weighted by atomic mass is 10.1. The molecule has 0 aromatic carbocycles. The second kappa shape index (κ2) is 6.50. The molecule has 2 heterocycles. The number of rotatable bonds is 4. The van der Waals surface area contributed by atoms with Crippen LogP contribution in [0.4, 0.5) is 5.82 Å². The van der Waals surface area contributed by atoms with Gasteiger partial charge in [-0.1, -0.05) is 0 Å². The molecule has 1 amide bonds. The number of carbonyl (C=O) groups excluding carboxylic acids is 1. The van der Waals surface area contributed by atoms with Crippen molar-refractivity contribution in [3.8, 4) is 0 Å². The fraction of sp³-hybridized carbons (Fsp3) is 0.545. The molecule has 9 nitrogen and oxygen atoms in total. The van der Waals surface area contributed by atoms with Crippen LogP contribution in [0.5, 0.6) is 0 Å². The maximum absolute atomic E-state index is 11.9. The predicted octanol–water partition coefficient (Wildman–Crippen LogP) is -1.97. The van der Waals surface area contributed by atoms with Crippen molar-refractivity contribution in [1.29, 1.82) is 0 Å². The van der Waals surface area contributed by atoms with Gasteiger partial charge in [0.15, 0.2) is 6.23 Å². The van der Waals surface area contributed by atoms with Crippen LogP contribution in [0.15, 0.2) is 17.1 Å². The highest BCUT2D eigenvalue weighted by atomic mass is 35.5. The average Bonchev–Trinajstić information content (AvgIpc) is 2.75. The predicted molar refractivity (Wildman–Crippen MR) is 70.9 cm³/mol. The van der Waals surface area contributed by atoms with Gasteiger partial charge in [0.25, 0.3) is 0 Å². The number of nitrogens with one attached hydrogen (secondary N) is 1. The Labute approximate surface area is 123 Å². The van der Waals surface area contributed by atoms with E-state index in [1.165, 1.54) is 12.3 Å². The SMILES string of the molecule is O=C(CCl)Nc1ccn(C2OC(CO)C(O)C2O)c(=O)n1. The van der Waals surface area contributed by atoms with E-state index in [0.717, 1.165) is 4.57 Å². The number of anilines is 1. The third-order valence-corrected chi connectivity index (χ3v) is 3.25. The number of hydrogen-bond donors (Lipinski definition) is 4. The van der Waals surface area contributed by atoms with Gasteiger partial charge in [-0.25, -0.2) is 4.79 Å². The first-order valence-electron chi connectivity index (χ1n) is 6.05. The average molecular weight is 320 g/mol. The highest BCUT2D eigenvalue weighted by Crippen LogP contribution is 2.28. The molecule has 10 heteroatoms. The molecule has 4 unspecified atom stereocenters. The van der Waals surface area contributed by atoms with E-state index in [1.54, 1.807) is 0 Å². The summed E-state index contributed by atoms with van der Waals surface area (Å²) in [6.45, 7) is -0.499. The summed E-state index contributed by atoms with van der Waals surface area (Å²) in [6, 6.07) is 1.32. The summed E-state index contributed by atoms with van der Waals surface area (Å²) in [7, 11) is 0. The molecule has 1 aliphatic heterocycles. The Morgan fingerprint density at radius 1 is 1.48 bits per heavy atom. The van der Waals surface area contributed by atoms with Crippen molar-refractivity contribution in [1.82, 2.24) is 9.55 Å². The fourth-order valence-electron chi connectivity index (χ4n) is 1.96. The first-order valence-corrected chi connectivity index (χ1v) is 6.59. The Bertz CT molecular complexity index is 579. The lowest BCUT2D eigenvalue weighted by molar-refractivity contribution is -0.113. The van der Waals surface area contributed by atoms with Crippen LogP contribution in [0.3, 0.4) is 0 Å². The van der Waals surface area contributed by atoms with Crippen LogP contribution in [0, 0.1) is 0 Å². The molecule has 116 valence electrons. The quantitative estimate of drug-likeness (QED) is 0.473. The maximum atomic E-state index is 11.9. The van der Waals surface area contributed by atoms with Crippen LogP contribution in [-0.2, 0) is 9.53 Å². The van der Waals surface area contributed by atoms with Crippen molar-refractivity contribution in [3.05, 3.63) is 22.7 Å². The molecule has 21 heavy (non-hydrogen) atoms. The Hall–Kier alpha value is -1.52. The number of hydrogen-bond acceptors (Lipinski definition) is 7. The molecule has 0 radical (unpaired) electrons. The van der Waals surface area contributed by atoms with Crippen LogP contribution >= 0.6 is 11.6 Å². The lowest BCUT2D eigenvalue weighted by Gasteiger charge is -2.17. The zero-order valence-electron chi connectivity index (χ0n) is 10.7. The molecule has 1 aromatic heterocycles. The third kappa shape index (κ3) is 3.22. The van der Waals surface area contributed by atoms with E-state index in [1.807, 2.05) is 0 Å². The molecular formula is C11H14ClN3O6. The normalized spacial score (nSPS) is 28.6. The number of aliphatic hydroxyl groups excluding tert-OH is 3. The first-order chi connectivity index (χ1) is 9.97. The number of ether oxygens (including phenoxy) is 1. The molecule has 0 spiro atoms. The summed E-state index contributed by atoms with van der Waals surface area (Å²) in [4.78, 5) is 26.6. The lowest BCUT2D eigenvalue weighted by Crippen LogP contribution is -2.36. The molecule has 2 rings (SSSR count). The molecular weight excluding hydrogens is 306 g/mol. The minimum Gasteiger partial charge on any atom is -0.394 e. The van der Waals surface area contributed by atoms with E-state index in [-0.39, 0.29) is 11.7 Å². The molecule has 1 saturated heterocycles. The van der Waals surface area contributed by atoms with Crippen molar-refractivity contribution < 1.29 is 24.9 Å². The van der Waals surface area contributed by atoms with Crippen LogP contribution in [0.25, 0.3) is 0 Å². The Balaban J connectivity index is 2.22. The van der Waals surface area contributed by atoms with Crippen molar-refractivity contribution >= 4 is 23.3 Å². The van der Waals surface area contributed by atoms with E-state index in [9.17, 15) is 19.8 Å². The van der Waals surface area contributed by atoms with Crippen molar-refractivity contribution in [2.75, 3.05) is 17.8 Å². The molecule has 1 aromatic rings. The zero-order valence-corrected chi connectivity index (χ0v) is 11.5. The summed E-state index contributed by atoms with van der Waals surface area (Å²) in [6.07, 6.45) is -3.62. The Morgan fingerprint density at radius 3 is 2.71 bits per heavy atom. The van der Waals surface area contributed by atoms with E-state index in [0.29, 0.717) is 0 Å². The number of halogens is 1. The number of amides is 1. The summed E-state index contributed by atoms with van der Waals surface area (Å²) in [5, 5.41) is 30.8. The van der Waals surface area contributed by atoms with E-state index < -0.39 is 42.7 Å². The fourth-order valence-corrected chi connectivity index (χ4v) is 2.03. The molecule has 0 bridgehead atoms. The monoisotopic (exact) mass is 319 g/mol. The molecule has 4 atom stereocenters. The van der Waals surface area contributed by atoms with Crippen LogP contribution in [0.1, 0.15) is 6.23 Å². The van der Waals surface area contributed by atoms with Crippen molar-refractivity contribution in [3.63, 3.8) is 0 Å². The minimum atomic E-state index is -1.38. The zero-order chi connectivity index (χ0) is 15.6. The maximum Gasteiger partial charge on any atom is 0.351 e. The summed E-state index contributed by atoms with van der Waals surface area (Å²) >= 11 is 5.32. The number of aliphatic hydroxyl groups is 3. The van der Waals surface area contributed by atoms with Gasteiger partial charge in [-0.05, 0) is 6.07 Å². The molecule has 0 aliphatic carbocycles. The number of alkyl halides is 1. The van der Waals surface area contributed by atoms with Crippen LogP contribution < -0.4 is 11.0 Å². The van der Waals surface area contributed by atoms with Crippen molar-refractivity contribution in [2.45, 2.75) is 24.5 Å². The van der Waals surface area contributed by atoms with E-state index >= 15 is 0 Å². The van der Waals surface area contributed by atoms with Gasteiger partial charge in [-0.2, -0.15) is 4.98 Å². The van der Waals surface area contributed by atoms with Crippen LogP contribution in [-0.4, -0.2) is 61.6 Å². The van der Waals surface area contributed by atoms with Crippen molar-refractivity contribution in [2.24, 2.45) is 0 Å². The second-order valence-corrected chi connectivity index (χ2v) is 4.68. The van der Waals surface area contributed by atoms with Gasteiger partial charge in [0.05, 0.1) is 6.61 Å². The second-order valence-electron chi connectivity index (χ2n) is 4.41. The minimum absolute atomic E-state index is 0.00800. The smallest absolute Gasteiger partial charge is 0.351 e.